The van der Waals surface area contributed by atoms with Gasteiger partial charge in [-0.2, -0.15) is 15.0 Å². The largest absolute Gasteiger partial charge is 0.351 e. The molecule has 2 aliphatic carbocycles. The van der Waals surface area contributed by atoms with Gasteiger partial charge in [-0.05, 0) is 44.7 Å². The van der Waals surface area contributed by atoms with Gasteiger partial charge in [0.1, 0.15) is 5.69 Å². The molecule has 2 N–H and O–H groups in total. The normalized spacial score (nSPS) is 21.6. The predicted octanol–water partition coefficient (Wildman–Crippen LogP) is 5.22. The quantitative estimate of drug-likeness (QED) is 0.624. The Morgan fingerprint density at radius 2 is 1.23 bits per heavy atom. The molecule has 0 unspecified atom stereocenters. The van der Waals surface area contributed by atoms with Gasteiger partial charge in [0.15, 0.2) is 5.82 Å². The highest BCUT2D eigenvalue weighted by Crippen LogP contribution is 2.35. The second-order valence-corrected chi connectivity index (χ2v) is 8.52. The third-order valence-electron chi connectivity index (χ3n) is 5.85. The molecule has 0 amide bonds. The molecule has 0 bridgehead atoms. The summed E-state index contributed by atoms with van der Waals surface area (Å²) in [6.45, 7) is 1.85. The number of aromatic nitrogens is 4. The minimum absolute atomic E-state index is 0.165. The van der Waals surface area contributed by atoms with E-state index in [9.17, 15) is 17.6 Å². The summed E-state index contributed by atoms with van der Waals surface area (Å²) in [4.78, 5) is 17.7. The van der Waals surface area contributed by atoms with Gasteiger partial charge in [-0.3, -0.25) is 0 Å². The molecule has 2 fully saturated rings. The highest BCUT2D eigenvalue weighted by Gasteiger charge is 2.36. The van der Waals surface area contributed by atoms with E-state index in [0.717, 1.165) is 5.69 Å². The van der Waals surface area contributed by atoms with Gasteiger partial charge in [0.05, 0.1) is 0 Å². The monoisotopic (exact) mass is 438 g/mol. The topological polar surface area (TPSA) is 75.6 Å². The number of nitrogens with one attached hydrogen (secondary N) is 2. The van der Waals surface area contributed by atoms with Crippen molar-refractivity contribution in [2.24, 2.45) is 0 Å². The number of alkyl halides is 4. The standard InChI is InChI=1S/C21H26F4N6/c1-13-3-2-4-16(26-13)17-29-18(27-14-5-9-20(22,23)10-6-14)31-19(30-17)28-15-7-11-21(24,25)12-8-15/h2-4,14-15H,5-12H2,1H3,(H2,27,28,29,30,31). The Bertz CT molecular complexity index is 854. The lowest BCUT2D eigenvalue weighted by atomic mass is 9.92. The summed E-state index contributed by atoms with van der Waals surface area (Å²) < 4.78 is 53.9. The van der Waals surface area contributed by atoms with E-state index in [2.05, 4.69) is 30.6 Å². The second kappa shape index (κ2) is 8.55. The van der Waals surface area contributed by atoms with Crippen molar-refractivity contribution in [2.45, 2.75) is 82.2 Å². The van der Waals surface area contributed by atoms with Crippen LogP contribution in [0, 0.1) is 6.92 Å². The van der Waals surface area contributed by atoms with E-state index < -0.39 is 11.8 Å². The SMILES string of the molecule is Cc1cccc(-c2nc(NC3CCC(F)(F)CC3)nc(NC3CCC(F)(F)CC3)n2)n1. The van der Waals surface area contributed by atoms with Gasteiger partial charge in [0.25, 0.3) is 0 Å². The van der Waals surface area contributed by atoms with Crippen molar-refractivity contribution in [3.8, 4) is 11.5 Å². The molecule has 168 valence electrons. The zero-order valence-electron chi connectivity index (χ0n) is 17.3. The molecule has 0 spiro atoms. The van der Waals surface area contributed by atoms with Crippen molar-refractivity contribution >= 4 is 11.9 Å². The maximum absolute atomic E-state index is 13.5. The summed E-state index contributed by atoms with van der Waals surface area (Å²) >= 11 is 0. The van der Waals surface area contributed by atoms with E-state index in [4.69, 9.17) is 0 Å². The van der Waals surface area contributed by atoms with E-state index in [0.29, 0.717) is 37.2 Å². The Morgan fingerprint density at radius 1 is 0.742 bits per heavy atom. The molecule has 4 rings (SSSR count). The summed E-state index contributed by atoms with van der Waals surface area (Å²) in [6, 6.07) is 5.14. The van der Waals surface area contributed by atoms with Crippen molar-refractivity contribution in [3.05, 3.63) is 23.9 Å². The molecule has 2 saturated carbocycles. The van der Waals surface area contributed by atoms with Crippen LogP contribution in [-0.4, -0.2) is 43.9 Å². The number of hydrogen-bond donors (Lipinski definition) is 2. The van der Waals surface area contributed by atoms with Crippen molar-refractivity contribution < 1.29 is 17.6 Å². The van der Waals surface area contributed by atoms with Gasteiger partial charge in [0, 0.05) is 43.5 Å². The molecule has 0 radical (unpaired) electrons. The Labute approximate surface area is 178 Å². The van der Waals surface area contributed by atoms with Crippen LogP contribution in [-0.2, 0) is 0 Å². The molecule has 0 aliphatic heterocycles. The highest BCUT2D eigenvalue weighted by molar-refractivity contribution is 5.54. The third-order valence-corrected chi connectivity index (χ3v) is 5.85. The molecule has 31 heavy (non-hydrogen) atoms. The van der Waals surface area contributed by atoms with Crippen LogP contribution in [0.5, 0.6) is 0 Å². The molecule has 2 aromatic rings. The maximum Gasteiger partial charge on any atom is 0.248 e. The van der Waals surface area contributed by atoms with Gasteiger partial charge in [0.2, 0.25) is 23.7 Å². The number of hydrogen-bond acceptors (Lipinski definition) is 6. The molecule has 6 nitrogen and oxygen atoms in total. The highest BCUT2D eigenvalue weighted by atomic mass is 19.3. The van der Waals surface area contributed by atoms with E-state index in [1.165, 1.54) is 0 Å². The van der Waals surface area contributed by atoms with Gasteiger partial charge < -0.3 is 10.6 Å². The Kier molecular flexibility index (Phi) is 5.98. The smallest absolute Gasteiger partial charge is 0.248 e. The lowest BCUT2D eigenvalue weighted by Gasteiger charge is -2.30. The number of halogens is 4. The van der Waals surface area contributed by atoms with E-state index in [1.54, 1.807) is 6.07 Å². The van der Waals surface area contributed by atoms with Gasteiger partial charge in [-0.25, -0.2) is 22.5 Å². The van der Waals surface area contributed by atoms with Crippen molar-refractivity contribution in [3.63, 3.8) is 0 Å². The molecule has 2 aliphatic rings. The first-order chi connectivity index (χ1) is 14.7. The Balaban J connectivity index is 1.55. The van der Waals surface area contributed by atoms with Crippen molar-refractivity contribution in [1.29, 1.82) is 0 Å². The second-order valence-electron chi connectivity index (χ2n) is 8.52. The lowest BCUT2D eigenvalue weighted by molar-refractivity contribution is -0.0366. The van der Waals surface area contributed by atoms with Gasteiger partial charge in [-0.15, -0.1) is 0 Å². The minimum Gasteiger partial charge on any atom is -0.351 e. The summed E-state index contributed by atoms with van der Waals surface area (Å²) in [7, 11) is 0. The number of nitrogens with zero attached hydrogens (tertiary/aromatic N) is 4. The fraction of sp³-hybridized carbons (Fsp3) is 0.619. The van der Waals surface area contributed by atoms with E-state index in [-0.39, 0.29) is 49.7 Å². The van der Waals surface area contributed by atoms with Crippen LogP contribution in [0.25, 0.3) is 11.5 Å². The fourth-order valence-corrected chi connectivity index (χ4v) is 4.02. The van der Waals surface area contributed by atoms with Crippen LogP contribution in [0.1, 0.15) is 57.1 Å². The van der Waals surface area contributed by atoms with Crippen LogP contribution in [0.4, 0.5) is 29.5 Å². The first kappa shape index (κ1) is 21.7. The maximum atomic E-state index is 13.5. The van der Waals surface area contributed by atoms with Gasteiger partial charge in [-0.1, -0.05) is 6.07 Å². The molecule has 2 aromatic heterocycles. The average Bonchev–Trinajstić information content (AvgIpc) is 2.71. The first-order valence-electron chi connectivity index (χ1n) is 10.7. The predicted molar refractivity (Wildman–Crippen MR) is 109 cm³/mol. The van der Waals surface area contributed by atoms with Crippen LogP contribution in [0.3, 0.4) is 0 Å². The number of aryl methyl sites for hydroxylation is 1. The minimum atomic E-state index is -2.62. The summed E-state index contributed by atoms with van der Waals surface area (Å²) in [5, 5.41) is 6.30. The molecular formula is C21H26F4N6. The van der Waals surface area contributed by atoms with Crippen molar-refractivity contribution in [2.75, 3.05) is 10.6 Å². The first-order valence-corrected chi connectivity index (χ1v) is 10.7. The van der Waals surface area contributed by atoms with Crippen LogP contribution in [0.15, 0.2) is 18.2 Å². The van der Waals surface area contributed by atoms with E-state index >= 15 is 0 Å². The molecule has 10 heteroatoms. The van der Waals surface area contributed by atoms with Crippen molar-refractivity contribution in [1.82, 2.24) is 19.9 Å². The van der Waals surface area contributed by atoms with E-state index in [1.807, 2.05) is 19.1 Å². The number of rotatable bonds is 5. The average molecular weight is 438 g/mol. The lowest BCUT2D eigenvalue weighted by Crippen LogP contribution is -2.33. The molecule has 0 atom stereocenters. The Hall–Kier alpha value is -2.52. The number of pyridine rings is 1. The molecule has 0 saturated heterocycles. The molecule has 2 heterocycles. The molecular weight excluding hydrogens is 412 g/mol. The number of anilines is 2. The zero-order valence-corrected chi connectivity index (χ0v) is 17.3. The third kappa shape index (κ3) is 5.80. The summed E-state index contributed by atoms with van der Waals surface area (Å²) in [5.41, 5.74) is 1.35. The summed E-state index contributed by atoms with van der Waals surface area (Å²) in [5.74, 6) is -4.36. The molecule has 0 aromatic carbocycles. The van der Waals surface area contributed by atoms with Crippen LogP contribution < -0.4 is 10.6 Å². The van der Waals surface area contributed by atoms with Gasteiger partial charge >= 0.3 is 0 Å². The fourth-order valence-electron chi connectivity index (χ4n) is 4.02. The van der Waals surface area contributed by atoms with Crippen LogP contribution >= 0.6 is 0 Å². The Morgan fingerprint density at radius 3 is 1.68 bits per heavy atom. The van der Waals surface area contributed by atoms with Crippen LogP contribution in [0.2, 0.25) is 0 Å². The summed E-state index contributed by atoms with van der Waals surface area (Å²) in [6.07, 6.45) is 0.558. The zero-order chi connectivity index (χ0) is 22.1.